The average molecular weight is 416 g/mol. The smallest absolute Gasteiger partial charge is 0.282 e. The molecule has 6 heteroatoms. The number of aryl methyl sites for hydroxylation is 1. The Hall–Kier alpha value is -3.93. The highest BCUT2D eigenvalue weighted by molar-refractivity contribution is 6.46. The predicted molar refractivity (Wildman–Crippen MR) is 118 cm³/mol. The average Bonchev–Trinajstić information content (AvgIpc) is 3.01. The van der Waals surface area contributed by atoms with Crippen molar-refractivity contribution in [2.75, 3.05) is 17.3 Å². The molecular formula is C25H21FN2O3. The number of nitrogens with one attached hydrogen (secondary N) is 1. The lowest BCUT2D eigenvalue weighted by molar-refractivity contribution is -0.120. The summed E-state index contributed by atoms with van der Waals surface area (Å²) >= 11 is 0. The van der Waals surface area contributed by atoms with E-state index in [2.05, 4.69) is 5.32 Å². The van der Waals surface area contributed by atoms with Crippen molar-refractivity contribution in [1.82, 2.24) is 0 Å². The first-order chi connectivity index (χ1) is 14.9. The number of rotatable bonds is 5. The molecule has 0 spiro atoms. The quantitative estimate of drug-likeness (QED) is 0.604. The number of anilines is 2. The van der Waals surface area contributed by atoms with Crippen LogP contribution in [-0.4, -0.2) is 18.9 Å². The Balaban J connectivity index is 1.88. The first-order valence-corrected chi connectivity index (χ1v) is 9.77. The minimum Gasteiger partial charge on any atom is -0.496 e. The number of halogens is 1. The number of hydrogen-bond donors (Lipinski definition) is 1. The molecule has 31 heavy (non-hydrogen) atoms. The molecule has 0 unspecified atom stereocenters. The molecule has 4 rings (SSSR count). The molecule has 1 N–H and O–H groups in total. The summed E-state index contributed by atoms with van der Waals surface area (Å²) in [6.07, 6.45) is 0. The van der Waals surface area contributed by atoms with E-state index in [1.807, 2.05) is 26.0 Å². The summed E-state index contributed by atoms with van der Waals surface area (Å²) in [5.41, 5.74) is 3.64. The predicted octanol–water partition coefficient (Wildman–Crippen LogP) is 4.85. The highest BCUT2D eigenvalue weighted by Crippen LogP contribution is 2.38. The molecule has 0 saturated heterocycles. The summed E-state index contributed by atoms with van der Waals surface area (Å²) in [5, 5.41) is 3.03. The summed E-state index contributed by atoms with van der Waals surface area (Å²) in [5.74, 6) is -0.855. The van der Waals surface area contributed by atoms with Crippen LogP contribution in [-0.2, 0) is 9.59 Å². The van der Waals surface area contributed by atoms with Gasteiger partial charge in [-0.1, -0.05) is 30.3 Å². The van der Waals surface area contributed by atoms with E-state index in [0.717, 1.165) is 11.1 Å². The fourth-order valence-corrected chi connectivity index (χ4v) is 3.62. The highest BCUT2D eigenvalue weighted by Gasteiger charge is 2.41. The van der Waals surface area contributed by atoms with Gasteiger partial charge in [-0.3, -0.25) is 9.59 Å². The molecule has 0 aliphatic carbocycles. The number of carbonyl (C=O) groups is 2. The molecule has 3 aromatic rings. The SMILES string of the molecule is COc1ccccc1C1=C(Nc2ccc(F)cc2)C(=O)N(c2cccc(C)c2C)C1=O. The fourth-order valence-electron chi connectivity index (χ4n) is 3.62. The number of nitrogens with zero attached hydrogens (tertiary/aromatic N) is 1. The Bertz CT molecular complexity index is 1220. The molecule has 156 valence electrons. The van der Waals surface area contributed by atoms with Crippen LogP contribution in [0.25, 0.3) is 5.57 Å². The minimum atomic E-state index is -0.482. The third-order valence-electron chi connectivity index (χ3n) is 5.39. The number of hydrogen-bond acceptors (Lipinski definition) is 4. The molecule has 0 fully saturated rings. The second kappa shape index (κ2) is 8.07. The Morgan fingerprint density at radius 2 is 1.58 bits per heavy atom. The number of benzene rings is 3. The molecule has 0 atom stereocenters. The summed E-state index contributed by atoms with van der Waals surface area (Å²) in [6, 6.07) is 18.1. The molecule has 5 nitrogen and oxygen atoms in total. The summed E-state index contributed by atoms with van der Waals surface area (Å²) in [4.78, 5) is 28.3. The second-order valence-corrected chi connectivity index (χ2v) is 7.25. The Kier molecular flexibility index (Phi) is 5.29. The first kappa shape index (κ1) is 20.3. The van der Waals surface area contributed by atoms with Crippen LogP contribution in [0.15, 0.2) is 72.4 Å². The third-order valence-corrected chi connectivity index (χ3v) is 5.39. The van der Waals surface area contributed by atoms with Gasteiger partial charge >= 0.3 is 0 Å². The van der Waals surface area contributed by atoms with Crippen molar-refractivity contribution in [2.45, 2.75) is 13.8 Å². The van der Waals surface area contributed by atoms with Gasteiger partial charge in [-0.15, -0.1) is 0 Å². The maximum absolute atomic E-state index is 13.6. The van der Waals surface area contributed by atoms with E-state index in [9.17, 15) is 14.0 Å². The second-order valence-electron chi connectivity index (χ2n) is 7.25. The lowest BCUT2D eigenvalue weighted by atomic mass is 10.0. The van der Waals surface area contributed by atoms with Crippen LogP contribution in [0.5, 0.6) is 5.75 Å². The van der Waals surface area contributed by atoms with Crippen LogP contribution in [0, 0.1) is 19.7 Å². The van der Waals surface area contributed by atoms with Crippen molar-refractivity contribution in [3.63, 3.8) is 0 Å². The van der Waals surface area contributed by atoms with Crippen LogP contribution in [0.3, 0.4) is 0 Å². The van der Waals surface area contributed by atoms with Gasteiger partial charge in [0.1, 0.15) is 17.3 Å². The number of methoxy groups -OCH3 is 1. The van der Waals surface area contributed by atoms with Crippen molar-refractivity contribution in [1.29, 1.82) is 0 Å². The molecular weight excluding hydrogens is 395 g/mol. The van der Waals surface area contributed by atoms with E-state index in [0.29, 0.717) is 22.7 Å². The summed E-state index contributed by atoms with van der Waals surface area (Å²) < 4.78 is 18.8. The minimum absolute atomic E-state index is 0.113. The standard InChI is InChI=1S/C25H21FN2O3/c1-15-7-6-9-20(16(15)2)28-24(29)22(19-8-4-5-10-21(19)31-3)23(25(28)30)27-18-13-11-17(26)12-14-18/h4-14,27H,1-3H3. The maximum atomic E-state index is 13.6. The molecule has 0 saturated carbocycles. The van der Waals surface area contributed by atoms with Crippen molar-refractivity contribution in [3.05, 3.63) is 94.9 Å². The number of imide groups is 1. The van der Waals surface area contributed by atoms with Crippen LogP contribution in [0.1, 0.15) is 16.7 Å². The Labute approximate surface area is 179 Å². The Morgan fingerprint density at radius 3 is 2.29 bits per heavy atom. The van der Waals surface area contributed by atoms with Crippen molar-refractivity contribution in [3.8, 4) is 5.75 Å². The number of amides is 2. The summed E-state index contributed by atoms with van der Waals surface area (Å²) in [6.45, 7) is 3.80. The lowest BCUT2D eigenvalue weighted by Crippen LogP contribution is -2.33. The van der Waals surface area contributed by atoms with Gasteiger partial charge in [0.05, 0.1) is 18.4 Å². The van der Waals surface area contributed by atoms with E-state index in [4.69, 9.17) is 4.74 Å². The van der Waals surface area contributed by atoms with Crippen molar-refractivity contribution >= 4 is 28.8 Å². The van der Waals surface area contributed by atoms with Gasteiger partial charge < -0.3 is 10.1 Å². The summed E-state index contributed by atoms with van der Waals surface area (Å²) in [7, 11) is 1.51. The van der Waals surface area contributed by atoms with Gasteiger partial charge in [0, 0.05) is 11.3 Å². The fraction of sp³-hybridized carbons (Fsp3) is 0.120. The zero-order chi connectivity index (χ0) is 22.1. The first-order valence-electron chi connectivity index (χ1n) is 9.77. The number of ether oxygens (including phenoxy) is 1. The monoisotopic (exact) mass is 416 g/mol. The van der Waals surface area contributed by atoms with Gasteiger partial charge in [0.25, 0.3) is 11.8 Å². The van der Waals surface area contributed by atoms with E-state index in [1.54, 1.807) is 30.3 Å². The van der Waals surface area contributed by atoms with Gasteiger partial charge in [-0.2, -0.15) is 0 Å². The Morgan fingerprint density at radius 1 is 0.871 bits per heavy atom. The lowest BCUT2D eigenvalue weighted by Gasteiger charge is -2.19. The zero-order valence-corrected chi connectivity index (χ0v) is 17.4. The molecule has 3 aromatic carbocycles. The van der Waals surface area contributed by atoms with Gasteiger partial charge in [-0.25, -0.2) is 9.29 Å². The number of para-hydroxylation sites is 1. The third kappa shape index (κ3) is 3.57. The van der Waals surface area contributed by atoms with Crippen LogP contribution in [0.4, 0.5) is 15.8 Å². The van der Waals surface area contributed by atoms with Crippen molar-refractivity contribution in [2.24, 2.45) is 0 Å². The van der Waals surface area contributed by atoms with Gasteiger partial charge in [0.2, 0.25) is 0 Å². The molecule has 1 aliphatic rings. The molecule has 1 aliphatic heterocycles. The van der Waals surface area contributed by atoms with Crippen molar-refractivity contribution < 1.29 is 18.7 Å². The van der Waals surface area contributed by atoms with Gasteiger partial charge in [-0.05, 0) is 61.4 Å². The normalized spacial score (nSPS) is 13.7. The molecule has 2 amide bonds. The molecule has 0 radical (unpaired) electrons. The van der Waals surface area contributed by atoms with Crippen LogP contribution in [0.2, 0.25) is 0 Å². The van der Waals surface area contributed by atoms with E-state index in [-0.39, 0.29) is 11.3 Å². The van der Waals surface area contributed by atoms with E-state index < -0.39 is 17.6 Å². The maximum Gasteiger partial charge on any atom is 0.282 e. The van der Waals surface area contributed by atoms with Crippen LogP contribution < -0.4 is 15.0 Å². The highest BCUT2D eigenvalue weighted by atomic mass is 19.1. The molecule has 1 heterocycles. The zero-order valence-electron chi connectivity index (χ0n) is 17.4. The number of carbonyl (C=O) groups excluding carboxylic acids is 2. The largest absolute Gasteiger partial charge is 0.496 e. The van der Waals surface area contributed by atoms with Crippen LogP contribution >= 0.6 is 0 Å². The molecule has 0 bridgehead atoms. The van der Waals surface area contributed by atoms with Gasteiger partial charge in [0.15, 0.2) is 0 Å². The van der Waals surface area contributed by atoms with E-state index >= 15 is 0 Å². The molecule has 0 aromatic heterocycles. The van der Waals surface area contributed by atoms with E-state index in [1.165, 1.54) is 36.3 Å². The topological polar surface area (TPSA) is 58.6 Å².